The molecule has 1 aliphatic rings. The molecule has 100 valence electrons. The van der Waals surface area contributed by atoms with Crippen LogP contribution < -0.4 is 4.72 Å². The number of nitrogens with one attached hydrogen (secondary N) is 1. The van der Waals surface area contributed by atoms with E-state index in [1.807, 2.05) is 0 Å². The first-order valence-corrected chi connectivity index (χ1v) is 8.12. The molecule has 1 aliphatic heterocycles. The van der Waals surface area contributed by atoms with Gasteiger partial charge in [-0.2, -0.15) is 0 Å². The maximum atomic E-state index is 12.0. The quantitative estimate of drug-likeness (QED) is 0.784. The summed E-state index contributed by atoms with van der Waals surface area (Å²) < 4.78 is 24.6. The number of nitrogens with zero attached hydrogens (tertiary/aromatic N) is 1. The Labute approximate surface area is 109 Å². The zero-order chi connectivity index (χ0) is 13.3. The van der Waals surface area contributed by atoms with Crippen molar-refractivity contribution in [3.63, 3.8) is 0 Å². The second-order valence-electron chi connectivity index (χ2n) is 4.25. The predicted octanol–water partition coefficient (Wildman–Crippen LogP) is -0.517. The van der Waals surface area contributed by atoms with Crippen molar-refractivity contribution < 1.29 is 18.3 Å². The summed E-state index contributed by atoms with van der Waals surface area (Å²) in [6.45, 7) is 0.328. The van der Waals surface area contributed by atoms with Gasteiger partial charge in [-0.3, -0.25) is 4.79 Å². The van der Waals surface area contributed by atoms with Crippen molar-refractivity contribution >= 4 is 27.3 Å². The average molecular weight is 290 g/mol. The number of likely N-dealkylation sites (tertiary alicyclic amines) is 1. The molecular weight excluding hydrogens is 276 g/mol. The van der Waals surface area contributed by atoms with Crippen LogP contribution in [0.5, 0.6) is 0 Å². The minimum Gasteiger partial charge on any atom is -0.390 e. The highest BCUT2D eigenvalue weighted by molar-refractivity contribution is 7.88. The lowest BCUT2D eigenvalue weighted by Crippen LogP contribution is -2.42. The fraction of sp³-hybridized carbons (Fsp3) is 0.500. The number of aliphatic hydroxyl groups is 1. The summed E-state index contributed by atoms with van der Waals surface area (Å²) in [5.74, 6) is -0.179. The first-order valence-electron chi connectivity index (χ1n) is 5.35. The Morgan fingerprint density at radius 3 is 2.83 bits per heavy atom. The molecule has 0 saturated carbocycles. The summed E-state index contributed by atoms with van der Waals surface area (Å²) in [4.78, 5) is 14.1. The molecule has 0 radical (unpaired) electrons. The number of rotatable bonds is 3. The maximum Gasteiger partial charge on any atom is 0.264 e. The van der Waals surface area contributed by atoms with Crippen LogP contribution in [0, 0.1) is 0 Å². The maximum absolute atomic E-state index is 12.0. The largest absolute Gasteiger partial charge is 0.390 e. The minimum absolute atomic E-state index is 0.143. The van der Waals surface area contributed by atoms with Crippen LogP contribution in [-0.4, -0.2) is 55.8 Å². The van der Waals surface area contributed by atoms with Gasteiger partial charge in [0.05, 0.1) is 23.3 Å². The van der Waals surface area contributed by atoms with Gasteiger partial charge < -0.3 is 10.0 Å². The highest BCUT2D eigenvalue weighted by atomic mass is 32.2. The van der Waals surface area contributed by atoms with Gasteiger partial charge in [-0.1, -0.05) is 6.07 Å². The van der Waals surface area contributed by atoms with Gasteiger partial charge in [0.15, 0.2) is 0 Å². The van der Waals surface area contributed by atoms with Gasteiger partial charge in [0.1, 0.15) is 0 Å². The summed E-state index contributed by atoms with van der Waals surface area (Å²) in [5.41, 5.74) is 0. The molecule has 0 bridgehead atoms. The van der Waals surface area contributed by atoms with Gasteiger partial charge in [-0.05, 0) is 11.4 Å². The SMILES string of the molecule is CS(=O)(=O)N[C@@H]1CN(C(=O)c2cccs2)C[C@H]1O. The molecule has 1 fully saturated rings. The van der Waals surface area contributed by atoms with Gasteiger partial charge in [0, 0.05) is 13.1 Å². The molecule has 18 heavy (non-hydrogen) atoms. The normalized spacial score (nSPS) is 24.4. The van der Waals surface area contributed by atoms with Gasteiger partial charge >= 0.3 is 0 Å². The van der Waals surface area contributed by atoms with Crippen molar-refractivity contribution in [1.82, 2.24) is 9.62 Å². The average Bonchev–Trinajstić information content (AvgIpc) is 2.86. The molecule has 0 aliphatic carbocycles. The van der Waals surface area contributed by atoms with E-state index in [0.29, 0.717) is 4.88 Å². The molecular formula is C10H14N2O4S2. The molecule has 2 heterocycles. The number of thiophene rings is 1. The highest BCUT2D eigenvalue weighted by Crippen LogP contribution is 2.17. The van der Waals surface area contributed by atoms with Crippen molar-refractivity contribution in [2.75, 3.05) is 19.3 Å². The number of hydrogen-bond acceptors (Lipinski definition) is 5. The Balaban J connectivity index is 2.05. The first-order chi connectivity index (χ1) is 8.37. The minimum atomic E-state index is -3.39. The zero-order valence-corrected chi connectivity index (χ0v) is 11.4. The van der Waals surface area contributed by atoms with E-state index in [1.165, 1.54) is 16.2 Å². The van der Waals surface area contributed by atoms with Crippen LogP contribution in [0.15, 0.2) is 17.5 Å². The summed E-state index contributed by atoms with van der Waals surface area (Å²) in [7, 11) is -3.39. The van der Waals surface area contributed by atoms with E-state index < -0.39 is 22.2 Å². The van der Waals surface area contributed by atoms with Crippen molar-refractivity contribution in [3.05, 3.63) is 22.4 Å². The van der Waals surface area contributed by atoms with E-state index >= 15 is 0 Å². The molecule has 0 aromatic carbocycles. The summed E-state index contributed by atoms with van der Waals surface area (Å²) in [6.07, 6.45) is 0.160. The fourth-order valence-electron chi connectivity index (χ4n) is 1.90. The Kier molecular flexibility index (Phi) is 3.71. The van der Waals surface area contributed by atoms with Crippen LogP contribution in [0.25, 0.3) is 0 Å². The fourth-order valence-corrected chi connectivity index (χ4v) is 3.37. The monoisotopic (exact) mass is 290 g/mol. The number of amides is 1. The van der Waals surface area contributed by atoms with Crippen molar-refractivity contribution in [1.29, 1.82) is 0 Å². The molecule has 1 saturated heterocycles. The Morgan fingerprint density at radius 1 is 1.56 bits per heavy atom. The predicted molar refractivity (Wildman–Crippen MR) is 68.0 cm³/mol. The molecule has 2 atom stereocenters. The van der Waals surface area contributed by atoms with E-state index in [2.05, 4.69) is 4.72 Å². The number of carbonyl (C=O) groups excluding carboxylic acids is 1. The van der Waals surface area contributed by atoms with Crippen LogP contribution in [0.4, 0.5) is 0 Å². The Hall–Kier alpha value is -0.960. The molecule has 2 N–H and O–H groups in total. The van der Waals surface area contributed by atoms with Crippen molar-refractivity contribution in [2.45, 2.75) is 12.1 Å². The summed E-state index contributed by atoms with van der Waals surface area (Å²) in [5, 5.41) is 11.5. The standard InChI is InChI=1S/C10H14N2O4S2/c1-18(15,16)11-7-5-12(6-8(7)13)10(14)9-3-2-4-17-9/h2-4,7-8,11,13H,5-6H2,1H3/t7-,8-/m1/s1. The molecule has 0 unspecified atom stereocenters. The van der Waals surface area contributed by atoms with E-state index in [1.54, 1.807) is 17.5 Å². The lowest BCUT2D eigenvalue weighted by Gasteiger charge is -2.15. The molecule has 6 nitrogen and oxygen atoms in total. The topological polar surface area (TPSA) is 86.7 Å². The molecule has 8 heteroatoms. The lowest BCUT2D eigenvalue weighted by atomic mass is 10.2. The second kappa shape index (κ2) is 4.96. The lowest BCUT2D eigenvalue weighted by molar-refractivity contribution is 0.0769. The molecule has 1 aromatic heterocycles. The van der Waals surface area contributed by atoms with Gasteiger partial charge in [0.2, 0.25) is 10.0 Å². The first kappa shape index (κ1) is 13.5. The number of β-amino-alcohol motifs (C(OH)–C–C–N with tert-alkyl or cyclic N) is 1. The molecule has 0 spiro atoms. The van der Waals surface area contributed by atoms with Crippen molar-refractivity contribution in [2.24, 2.45) is 0 Å². The van der Waals surface area contributed by atoms with E-state index in [9.17, 15) is 18.3 Å². The van der Waals surface area contributed by atoms with E-state index in [4.69, 9.17) is 0 Å². The third kappa shape index (κ3) is 3.08. The van der Waals surface area contributed by atoms with Crippen molar-refractivity contribution in [3.8, 4) is 0 Å². The van der Waals surface area contributed by atoms with Crippen LogP contribution in [0.1, 0.15) is 9.67 Å². The third-order valence-electron chi connectivity index (χ3n) is 2.67. The summed E-state index contributed by atoms with van der Waals surface area (Å²) in [6, 6.07) is 2.84. The van der Waals surface area contributed by atoms with Gasteiger partial charge in [-0.25, -0.2) is 13.1 Å². The van der Waals surface area contributed by atoms with Crippen LogP contribution in [0.3, 0.4) is 0 Å². The van der Waals surface area contributed by atoms with Gasteiger partial charge in [-0.15, -0.1) is 11.3 Å². The number of sulfonamides is 1. The second-order valence-corrected chi connectivity index (χ2v) is 6.98. The molecule has 2 rings (SSSR count). The van der Waals surface area contributed by atoms with Gasteiger partial charge in [0.25, 0.3) is 5.91 Å². The van der Waals surface area contributed by atoms with Crippen LogP contribution >= 0.6 is 11.3 Å². The number of hydrogen-bond donors (Lipinski definition) is 2. The van der Waals surface area contributed by atoms with E-state index in [0.717, 1.165) is 6.26 Å². The summed E-state index contributed by atoms with van der Waals surface area (Å²) >= 11 is 1.32. The number of carbonyl (C=O) groups is 1. The van der Waals surface area contributed by atoms with E-state index in [-0.39, 0.29) is 19.0 Å². The Bertz CT molecular complexity index is 526. The molecule has 1 amide bonds. The Morgan fingerprint density at radius 2 is 2.28 bits per heavy atom. The third-order valence-corrected chi connectivity index (χ3v) is 4.26. The zero-order valence-electron chi connectivity index (χ0n) is 9.74. The number of aliphatic hydroxyl groups excluding tert-OH is 1. The smallest absolute Gasteiger partial charge is 0.264 e. The van der Waals surface area contributed by atoms with Crippen LogP contribution in [0.2, 0.25) is 0 Å². The molecule has 1 aromatic rings. The highest BCUT2D eigenvalue weighted by Gasteiger charge is 2.36. The van der Waals surface area contributed by atoms with Crippen LogP contribution in [-0.2, 0) is 10.0 Å².